The topological polar surface area (TPSA) is 83.6 Å². The van der Waals surface area contributed by atoms with E-state index in [0.717, 1.165) is 4.31 Å². The molecule has 0 saturated heterocycles. The normalized spacial score (nSPS) is 15.3. The minimum absolute atomic E-state index is 0.0569. The van der Waals surface area contributed by atoms with Crippen LogP contribution < -0.4 is 5.32 Å². The highest BCUT2D eigenvalue weighted by molar-refractivity contribution is 7.90. The Morgan fingerprint density at radius 3 is 2.48 bits per heavy atom. The zero-order valence-corrected chi connectivity index (χ0v) is 13.1. The molecular formula is C16H14N2O4S. The molecular weight excluding hydrogens is 316 g/mol. The summed E-state index contributed by atoms with van der Waals surface area (Å²) >= 11 is 0. The van der Waals surface area contributed by atoms with Crippen molar-refractivity contribution in [3.8, 4) is 0 Å². The lowest BCUT2D eigenvalue weighted by Crippen LogP contribution is -2.29. The number of nitrogens with zero attached hydrogens (tertiary/aromatic N) is 1. The van der Waals surface area contributed by atoms with Gasteiger partial charge in [0.05, 0.1) is 5.56 Å². The van der Waals surface area contributed by atoms with Crippen LogP contribution in [0, 0.1) is 0 Å². The van der Waals surface area contributed by atoms with E-state index in [1.165, 1.54) is 18.2 Å². The zero-order valence-electron chi connectivity index (χ0n) is 12.3. The standard InChI is InChI=1S/C16H14N2O4S/c1-2-18-16(20)13-9-8-11(10-14(13)23(18,21)22)15(19)17-12-6-4-3-5-7-12/h3-10H,2H2,1H3,(H,17,19). The molecule has 0 saturated carbocycles. The smallest absolute Gasteiger partial charge is 0.268 e. The number of hydrogen-bond donors (Lipinski definition) is 1. The fraction of sp³-hybridized carbons (Fsp3) is 0.125. The van der Waals surface area contributed by atoms with Crippen molar-refractivity contribution in [1.29, 1.82) is 0 Å². The van der Waals surface area contributed by atoms with E-state index in [9.17, 15) is 18.0 Å². The minimum Gasteiger partial charge on any atom is -0.322 e. The van der Waals surface area contributed by atoms with Crippen LogP contribution in [0.5, 0.6) is 0 Å². The SMILES string of the molecule is CCN1C(=O)c2ccc(C(=O)Nc3ccccc3)cc2S1(=O)=O. The van der Waals surface area contributed by atoms with E-state index in [1.807, 2.05) is 6.07 Å². The van der Waals surface area contributed by atoms with Crippen molar-refractivity contribution in [2.75, 3.05) is 11.9 Å². The molecule has 0 atom stereocenters. The van der Waals surface area contributed by atoms with Crippen LogP contribution >= 0.6 is 0 Å². The highest BCUT2D eigenvalue weighted by atomic mass is 32.2. The van der Waals surface area contributed by atoms with Crippen LogP contribution in [-0.2, 0) is 10.0 Å². The van der Waals surface area contributed by atoms with Gasteiger partial charge in [-0.15, -0.1) is 0 Å². The Bertz CT molecular complexity index is 892. The first-order chi connectivity index (χ1) is 10.9. The quantitative estimate of drug-likeness (QED) is 0.934. The molecule has 2 aromatic rings. The van der Waals surface area contributed by atoms with Crippen LogP contribution in [0.3, 0.4) is 0 Å². The summed E-state index contributed by atoms with van der Waals surface area (Å²) in [5.74, 6) is -0.992. The molecule has 1 N–H and O–H groups in total. The summed E-state index contributed by atoms with van der Waals surface area (Å²) in [7, 11) is -3.87. The predicted octanol–water partition coefficient (Wildman–Crippen LogP) is 2.10. The first-order valence-corrected chi connectivity index (χ1v) is 8.46. The third-order valence-electron chi connectivity index (χ3n) is 3.59. The highest BCUT2D eigenvalue weighted by Gasteiger charge is 2.40. The van der Waals surface area contributed by atoms with Gasteiger partial charge in [-0.2, -0.15) is 0 Å². The van der Waals surface area contributed by atoms with Gasteiger partial charge in [0.25, 0.3) is 21.8 Å². The van der Waals surface area contributed by atoms with Gasteiger partial charge in [-0.3, -0.25) is 9.59 Å². The molecule has 3 rings (SSSR count). The number of carbonyl (C=O) groups excluding carboxylic acids is 2. The molecule has 0 unspecified atom stereocenters. The summed E-state index contributed by atoms with van der Waals surface area (Å²) in [6, 6.07) is 12.9. The van der Waals surface area contributed by atoms with Gasteiger partial charge >= 0.3 is 0 Å². The Morgan fingerprint density at radius 2 is 1.83 bits per heavy atom. The third-order valence-corrected chi connectivity index (χ3v) is 5.49. The lowest BCUT2D eigenvalue weighted by atomic mass is 10.1. The van der Waals surface area contributed by atoms with E-state index in [-0.39, 0.29) is 22.6 Å². The monoisotopic (exact) mass is 330 g/mol. The molecule has 1 heterocycles. The van der Waals surface area contributed by atoms with Gasteiger partial charge in [-0.1, -0.05) is 18.2 Å². The molecule has 2 amide bonds. The zero-order chi connectivity index (χ0) is 16.6. The molecule has 0 spiro atoms. The number of sulfonamides is 1. The molecule has 7 heteroatoms. The van der Waals surface area contributed by atoms with Crippen molar-refractivity contribution in [3.63, 3.8) is 0 Å². The van der Waals surface area contributed by atoms with Crippen molar-refractivity contribution < 1.29 is 18.0 Å². The third kappa shape index (κ3) is 2.49. The Labute approximate surface area is 133 Å². The molecule has 6 nitrogen and oxygen atoms in total. The number of nitrogens with one attached hydrogen (secondary N) is 1. The Kier molecular flexibility index (Phi) is 3.65. The number of fused-ring (bicyclic) bond motifs is 1. The average Bonchev–Trinajstić information content (AvgIpc) is 2.74. The van der Waals surface area contributed by atoms with Crippen LogP contribution in [-0.4, -0.2) is 31.1 Å². The highest BCUT2D eigenvalue weighted by Crippen LogP contribution is 2.30. The largest absolute Gasteiger partial charge is 0.322 e. The van der Waals surface area contributed by atoms with Crippen molar-refractivity contribution >= 4 is 27.5 Å². The van der Waals surface area contributed by atoms with Crippen LogP contribution in [0.2, 0.25) is 0 Å². The molecule has 0 bridgehead atoms. The molecule has 0 radical (unpaired) electrons. The van der Waals surface area contributed by atoms with E-state index in [4.69, 9.17) is 0 Å². The maximum Gasteiger partial charge on any atom is 0.268 e. The fourth-order valence-electron chi connectivity index (χ4n) is 2.45. The van der Waals surface area contributed by atoms with Gasteiger partial charge in [0.1, 0.15) is 4.90 Å². The number of carbonyl (C=O) groups is 2. The average molecular weight is 330 g/mol. The maximum absolute atomic E-state index is 12.3. The molecule has 1 aliphatic heterocycles. The second-order valence-corrected chi connectivity index (χ2v) is 6.84. The van der Waals surface area contributed by atoms with Crippen molar-refractivity contribution in [1.82, 2.24) is 4.31 Å². The Balaban J connectivity index is 1.97. The van der Waals surface area contributed by atoms with Gasteiger partial charge in [0.2, 0.25) is 0 Å². The van der Waals surface area contributed by atoms with Crippen LogP contribution in [0.15, 0.2) is 53.4 Å². The number of rotatable bonds is 3. The summed E-state index contributed by atoms with van der Waals surface area (Å²) in [6.45, 7) is 1.64. The summed E-state index contributed by atoms with van der Waals surface area (Å²) in [4.78, 5) is 24.2. The second kappa shape index (κ2) is 5.51. The van der Waals surface area contributed by atoms with Gasteiger partial charge in [0, 0.05) is 17.8 Å². The molecule has 1 aliphatic rings. The maximum atomic E-state index is 12.3. The Hall–Kier alpha value is -2.67. The molecule has 23 heavy (non-hydrogen) atoms. The molecule has 118 valence electrons. The lowest BCUT2D eigenvalue weighted by Gasteiger charge is -2.11. The van der Waals surface area contributed by atoms with E-state index in [2.05, 4.69) is 5.32 Å². The van der Waals surface area contributed by atoms with Crippen molar-refractivity contribution in [2.24, 2.45) is 0 Å². The van der Waals surface area contributed by atoms with Crippen LogP contribution in [0.4, 0.5) is 5.69 Å². The van der Waals surface area contributed by atoms with E-state index < -0.39 is 21.8 Å². The number of hydrogen-bond acceptors (Lipinski definition) is 4. The van der Waals surface area contributed by atoms with E-state index in [1.54, 1.807) is 31.2 Å². The fourth-order valence-corrected chi connectivity index (χ4v) is 4.06. The molecule has 0 aliphatic carbocycles. The van der Waals surface area contributed by atoms with E-state index >= 15 is 0 Å². The van der Waals surface area contributed by atoms with Crippen LogP contribution in [0.25, 0.3) is 0 Å². The molecule has 0 fully saturated rings. The lowest BCUT2D eigenvalue weighted by molar-refractivity contribution is 0.0875. The van der Waals surface area contributed by atoms with Crippen molar-refractivity contribution in [3.05, 3.63) is 59.7 Å². The number of anilines is 1. The Morgan fingerprint density at radius 1 is 1.13 bits per heavy atom. The summed E-state index contributed by atoms with van der Waals surface area (Å²) < 4.78 is 25.5. The van der Waals surface area contributed by atoms with Gasteiger partial charge in [0.15, 0.2) is 0 Å². The first kappa shape index (κ1) is 15.2. The second-order valence-electron chi connectivity index (χ2n) is 5.01. The van der Waals surface area contributed by atoms with Crippen molar-refractivity contribution in [2.45, 2.75) is 11.8 Å². The predicted molar refractivity (Wildman–Crippen MR) is 84.7 cm³/mol. The molecule has 0 aromatic heterocycles. The van der Waals surface area contributed by atoms with Crippen LogP contribution in [0.1, 0.15) is 27.6 Å². The van der Waals surface area contributed by atoms with Gasteiger partial charge in [-0.05, 0) is 37.3 Å². The van der Waals surface area contributed by atoms with Gasteiger partial charge < -0.3 is 5.32 Å². The van der Waals surface area contributed by atoms with Gasteiger partial charge in [-0.25, -0.2) is 12.7 Å². The number of para-hydroxylation sites is 1. The number of amides is 2. The number of benzene rings is 2. The van der Waals surface area contributed by atoms with E-state index in [0.29, 0.717) is 5.69 Å². The molecule has 2 aromatic carbocycles. The summed E-state index contributed by atoms with van der Waals surface area (Å²) in [5, 5.41) is 2.68. The summed E-state index contributed by atoms with van der Waals surface area (Å²) in [6.07, 6.45) is 0. The first-order valence-electron chi connectivity index (χ1n) is 7.02. The summed E-state index contributed by atoms with van der Waals surface area (Å²) in [5.41, 5.74) is 0.886. The minimum atomic E-state index is -3.87.